The highest BCUT2D eigenvalue weighted by Crippen LogP contribution is 2.21. The summed E-state index contributed by atoms with van der Waals surface area (Å²) in [6.45, 7) is 8.22. The number of nitrogens with one attached hydrogen (secondary N) is 1. The van der Waals surface area contributed by atoms with Crippen molar-refractivity contribution >= 4 is 23.2 Å². The van der Waals surface area contributed by atoms with Crippen molar-refractivity contribution in [3.8, 4) is 0 Å². The highest BCUT2D eigenvalue weighted by molar-refractivity contribution is 6.35. The van der Waals surface area contributed by atoms with Crippen molar-refractivity contribution < 1.29 is 0 Å². The van der Waals surface area contributed by atoms with Crippen LogP contribution in [0.1, 0.15) is 18.4 Å². The molecule has 0 radical (unpaired) electrons. The fraction of sp³-hybridized carbons (Fsp3) is 0.286. The summed E-state index contributed by atoms with van der Waals surface area (Å²) >= 11 is 12.0. The Morgan fingerprint density at radius 1 is 1.18 bits per heavy atom. The van der Waals surface area contributed by atoms with Gasteiger partial charge < -0.3 is 5.32 Å². The van der Waals surface area contributed by atoms with Gasteiger partial charge in [0.15, 0.2) is 0 Å². The molecule has 0 bridgehead atoms. The molecule has 0 fully saturated rings. The van der Waals surface area contributed by atoms with Crippen molar-refractivity contribution in [1.82, 2.24) is 5.32 Å². The van der Waals surface area contributed by atoms with Gasteiger partial charge in [0.05, 0.1) is 0 Å². The Balaban J connectivity index is 2.58. The van der Waals surface area contributed by atoms with Crippen LogP contribution in [0.15, 0.2) is 43.5 Å². The highest BCUT2D eigenvalue weighted by atomic mass is 35.5. The minimum atomic E-state index is 0.358. The van der Waals surface area contributed by atoms with E-state index in [0.717, 1.165) is 24.9 Å². The zero-order valence-electron chi connectivity index (χ0n) is 9.76. The molecule has 0 saturated carbocycles. The number of hydrogen-bond acceptors (Lipinski definition) is 1. The number of benzene rings is 1. The Hall–Kier alpha value is -0.760. The van der Waals surface area contributed by atoms with Gasteiger partial charge in [0.2, 0.25) is 0 Å². The first-order chi connectivity index (χ1) is 8.17. The van der Waals surface area contributed by atoms with Gasteiger partial charge in [-0.15, -0.1) is 13.2 Å². The molecule has 0 saturated heterocycles. The van der Waals surface area contributed by atoms with Gasteiger partial charge in [-0.2, -0.15) is 0 Å². The standard InChI is InChI=1S/C14H17Cl2N/c1-3-5-13(6-4-2)17-10-11-7-8-12(15)9-14(11)16/h3-4,7-9,13,17H,1-2,5-6,10H2. The van der Waals surface area contributed by atoms with E-state index >= 15 is 0 Å². The van der Waals surface area contributed by atoms with E-state index in [4.69, 9.17) is 23.2 Å². The Labute approximate surface area is 113 Å². The van der Waals surface area contributed by atoms with E-state index in [0.29, 0.717) is 16.1 Å². The summed E-state index contributed by atoms with van der Waals surface area (Å²) < 4.78 is 0. The van der Waals surface area contributed by atoms with Crippen LogP contribution in [-0.4, -0.2) is 6.04 Å². The van der Waals surface area contributed by atoms with E-state index < -0.39 is 0 Å². The summed E-state index contributed by atoms with van der Waals surface area (Å²) in [6, 6.07) is 5.91. The van der Waals surface area contributed by atoms with Crippen LogP contribution >= 0.6 is 23.2 Å². The Morgan fingerprint density at radius 3 is 2.35 bits per heavy atom. The number of halogens is 2. The molecule has 0 unspecified atom stereocenters. The van der Waals surface area contributed by atoms with E-state index in [1.807, 2.05) is 24.3 Å². The normalized spacial score (nSPS) is 10.5. The summed E-state index contributed by atoms with van der Waals surface area (Å²) in [5.41, 5.74) is 1.05. The van der Waals surface area contributed by atoms with Crippen molar-refractivity contribution in [2.75, 3.05) is 0 Å². The van der Waals surface area contributed by atoms with Gasteiger partial charge in [0.25, 0.3) is 0 Å². The fourth-order valence-electron chi connectivity index (χ4n) is 1.58. The maximum Gasteiger partial charge on any atom is 0.0465 e. The average Bonchev–Trinajstić information content (AvgIpc) is 2.28. The minimum absolute atomic E-state index is 0.358. The largest absolute Gasteiger partial charge is 0.309 e. The zero-order chi connectivity index (χ0) is 12.7. The molecule has 1 nitrogen and oxygen atoms in total. The van der Waals surface area contributed by atoms with Crippen molar-refractivity contribution in [3.63, 3.8) is 0 Å². The van der Waals surface area contributed by atoms with Gasteiger partial charge in [-0.3, -0.25) is 0 Å². The molecule has 1 N–H and O–H groups in total. The second-order valence-corrected chi connectivity index (χ2v) is 4.71. The van der Waals surface area contributed by atoms with Gasteiger partial charge >= 0.3 is 0 Å². The second kappa shape index (κ2) is 7.54. The smallest absolute Gasteiger partial charge is 0.0465 e. The average molecular weight is 270 g/mol. The van der Waals surface area contributed by atoms with Crippen LogP contribution in [-0.2, 0) is 6.54 Å². The van der Waals surface area contributed by atoms with Crippen LogP contribution in [0.5, 0.6) is 0 Å². The molecule has 0 amide bonds. The van der Waals surface area contributed by atoms with E-state index in [2.05, 4.69) is 18.5 Å². The van der Waals surface area contributed by atoms with E-state index in [1.54, 1.807) is 6.07 Å². The van der Waals surface area contributed by atoms with E-state index in [-0.39, 0.29) is 0 Å². The maximum absolute atomic E-state index is 6.10. The van der Waals surface area contributed by atoms with Crippen LogP contribution in [0.2, 0.25) is 10.0 Å². The molecule has 1 aromatic rings. The topological polar surface area (TPSA) is 12.0 Å². The maximum atomic E-state index is 6.10. The fourth-order valence-corrected chi connectivity index (χ4v) is 2.06. The molecule has 0 aliphatic heterocycles. The third-order valence-electron chi connectivity index (χ3n) is 2.50. The summed E-state index contributed by atoms with van der Waals surface area (Å²) in [7, 11) is 0. The molecular weight excluding hydrogens is 253 g/mol. The Kier molecular flexibility index (Phi) is 6.35. The third kappa shape index (κ3) is 4.95. The summed E-state index contributed by atoms with van der Waals surface area (Å²) in [6.07, 6.45) is 5.64. The molecule has 17 heavy (non-hydrogen) atoms. The Morgan fingerprint density at radius 2 is 1.82 bits per heavy atom. The molecule has 0 aliphatic carbocycles. The van der Waals surface area contributed by atoms with Crippen molar-refractivity contribution in [1.29, 1.82) is 0 Å². The van der Waals surface area contributed by atoms with Gasteiger partial charge in [-0.25, -0.2) is 0 Å². The molecule has 0 aromatic heterocycles. The lowest BCUT2D eigenvalue weighted by molar-refractivity contribution is 0.520. The van der Waals surface area contributed by atoms with Crippen molar-refractivity contribution in [3.05, 3.63) is 59.1 Å². The SMILES string of the molecule is C=CCC(CC=C)NCc1ccc(Cl)cc1Cl. The summed E-state index contributed by atoms with van der Waals surface area (Å²) in [4.78, 5) is 0. The summed E-state index contributed by atoms with van der Waals surface area (Å²) in [5.74, 6) is 0. The number of rotatable bonds is 7. The van der Waals surface area contributed by atoms with Crippen LogP contribution in [0, 0.1) is 0 Å². The lowest BCUT2D eigenvalue weighted by Crippen LogP contribution is -2.27. The molecule has 0 aliphatic rings. The van der Waals surface area contributed by atoms with Gasteiger partial charge in [-0.05, 0) is 30.5 Å². The van der Waals surface area contributed by atoms with Crippen molar-refractivity contribution in [2.45, 2.75) is 25.4 Å². The predicted octanol–water partition coefficient (Wildman–Crippen LogP) is 4.60. The van der Waals surface area contributed by atoms with Crippen LogP contribution < -0.4 is 5.32 Å². The molecule has 3 heteroatoms. The molecule has 92 valence electrons. The predicted molar refractivity (Wildman–Crippen MR) is 76.7 cm³/mol. The van der Waals surface area contributed by atoms with Gasteiger partial charge in [-0.1, -0.05) is 41.4 Å². The third-order valence-corrected chi connectivity index (χ3v) is 3.09. The lowest BCUT2D eigenvalue weighted by Gasteiger charge is -2.16. The Bertz CT molecular complexity index is 378. The van der Waals surface area contributed by atoms with Crippen molar-refractivity contribution in [2.24, 2.45) is 0 Å². The van der Waals surface area contributed by atoms with Crippen LogP contribution in [0.4, 0.5) is 0 Å². The zero-order valence-corrected chi connectivity index (χ0v) is 11.3. The van der Waals surface area contributed by atoms with E-state index in [1.165, 1.54) is 0 Å². The molecule has 1 aromatic carbocycles. The first-order valence-corrected chi connectivity index (χ1v) is 6.32. The molecule has 0 atom stereocenters. The number of hydrogen-bond donors (Lipinski definition) is 1. The highest BCUT2D eigenvalue weighted by Gasteiger charge is 2.06. The second-order valence-electron chi connectivity index (χ2n) is 3.86. The van der Waals surface area contributed by atoms with E-state index in [9.17, 15) is 0 Å². The summed E-state index contributed by atoms with van der Waals surface area (Å²) in [5, 5.41) is 4.78. The minimum Gasteiger partial charge on any atom is -0.309 e. The van der Waals surface area contributed by atoms with Crippen LogP contribution in [0.3, 0.4) is 0 Å². The monoisotopic (exact) mass is 269 g/mol. The van der Waals surface area contributed by atoms with Gasteiger partial charge in [0, 0.05) is 22.6 Å². The van der Waals surface area contributed by atoms with Gasteiger partial charge in [0.1, 0.15) is 0 Å². The first-order valence-electron chi connectivity index (χ1n) is 5.56. The molecule has 0 spiro atoms. The van der Waals surface area contributed by atoms with Crippen LogP contribution in [0.25, 0.3) is 0 Å². The first kappa shape index (κ1) is 14.3. The molecule has 1 rings (SSSR count). The molecular formula is C14H17Cl2N. The quantitative estimate of drug-likeness (QED) is 0.714. The lowest BCUT2D eigenvalue weighted by atomic mass is 10.1. The molecule has 0 heterocycles.